The molecule has 0 spiro atoms. The predicted molar refractivity (Wildman–Crippen MR) is 131 cm³/mol. The molecule has 0 atom stereocenters. The Labute approximate surface area is 203 Å². The van der Waals surface area contributed by atoms with Crippen molar-refractivity contribution in [2.45, 2.75) is 43.2 Å². The van der Waals surface area contributed by atoms with E-state index < -0.39 is 31.3 Å². The van der Waals surface area contributed by atoms with Gasteiger partial charge in [0, 0.05) is 25.9 Å². The van der Waals surface area contributed by atoms with Crippen LogP contribution in [-0.4, -0.2) is 40.5 Å². The second kappa shape index (κ2) is 9.15. The molecule has 2 aromatic heterocycles. The molecule has 10 heteroatoms. The summed E-state index contributed by atoms with van der Waals surface area (Å²) in [6, 6.07) is 11.8. The number of aromatic nitrogens is 2. The van der Waals surface area contributed by atoms with Crippen LogP contribution < -0.4 is 15.6 Å². The van der Waals surface area contributed by atoms with Gasteiger partial charge in [0.05, 0.1) is 22.4 Å². The first-order valence-electron chi connectivity index (χ1n) is 11.2. The maximum Gasteiger partial charge on any atom is 0.263 e. The summed E-state index contributed by atoms with van der Waals surface area (Å²) >= 11 is 0. The van der Waals surface area contributed by atoms with Crippen LogP contribution in [0.5, 0.6) is 5.75 Å². The molecule has 3 aromatic rings. The lowest BCUT2D eigenvalue weighted by atomic mass is 10.1. The number of fused-ring (bicyclic) bond motifs is 1. The van der Waals surface area contributed by atoms with Crippen molar-refractivity contribution >= 4 is 26.8 Å². The van der Waals surface area contributed by atoms with Crippen molar-refractivity contribution in [1.82, 2.24) is 14.9 Å². The summed E-state index contributed by atoms with van der Waals surface area (Å²) in [5.41, 5.74) is 1.47. The highest BCUT2D eigenvalue weighted by molar-refractivity contribution is 7.93. The van der Waals surface area contributed by atoms with Gasteiger partial charge < -0.3 is 14.6 Å². The van der Waals surface area contributed by atoms with Crippen LogP contribution in [0, 0.1) is 11.3 Å². The van der Waals surface area contributed by atoms with Gasteiger partial charge in [-0.05, 0) is 50.5 Å². The minimum atomic E-state index is -3.34. The van der Waals surface area contributed by atoms with E-state index in [0.717, 1.165) is 5.56 Å². The Balaban J connectivity index is 1.57. The largest absolute Gasteiger partial charge is 0.490 e. The van der Waals surface area contributed by atoms with E-state index in [9.17, 15) is 18.0 Å². The summed E-state index contributed by atoms with van der Waals surface area (Å²) in [5, 5.41) is 11.1. The SMILES string of the molecule is CC(C)S(=O)(=O)C1(COc2ccnc3cc(C(=O)NCc4ccc(C#N)cc4)c(=O)n(C)c23)CC1. The number of nitriles is 1. The van der Waals surface area contributed by atoms with Gasteiger partial charge in [-0.15, -0.1) is 0 Å². The Morgan fingerprint density at radius 2 is 1.94 bits per heavy atom. The molecule has 0 saturated heterocycles. The van der Waals surface area contributed by atoms with E-state index in [2.05, 4.69) is 10.3 Å². The number of hydrogen-bond donors (Lipinski definition) is 1. The third-order valence-electron chi connectivity index (χ3n) is 6.37. The molecule has 1 aliphatic carbocycles. The van der Waals surface area contributed by atoms with Crippen LogP contribution >= 0.6 is 0 Å². The maximum atomic E-state index is 13.0. The summed E-state index contributed by atoms with van der Waals surface area (Å²) in [6.45, 7) is 3.51. The lowest BCUT2D eigenvalue weighted by Gasteiger charge is -2.20. The zero-order chi connectivity index (χ0) is 25.4. The molecular formula is C25H26N4O5S. The molecule has 35 heavy (non-hydrogen) atoms. The molecule has 0 unspecified atom stereocenters. The van der Waals surface area contributed by atoms with Crippen LogP contribution in [0.15, 0.2) is 47.4 Å². The first-order chi connectivity index (χ1) is 16.6. The molecule has 4 rings (SSSR count). The average Bonchev–Trinajstić information content (AvgIpc) is 3.65. The monoisotopic (exact) mass is 494 g/mol. The molecule has 1 N–H and O–H groups in total. The summed E-state index contributed by atoms with van der Waals surface area (Å²) in [6.07, 6.45) is 2.58. The number of ether oxygens (including phenoxy) is 1. The predicted octanol–water partition coefficient (Wildman–Crippen LogP) is 2.47. The van der Waals surface area contributed by atoms with Crippen LogP contribution in [0.4, 0.5) is 0 Å². The van der Waals surface area contributed by atoms with Gasteiger partial charge in [-0.2, -0.15) is 5.26 Å². The van der Waals surface area contributed by atoms with Crippen molar-refractivity contribution in [3.8, 4) is 11.8 Å². The molecule has 0 bridgehead atoms. The van der Waals surface area contributed by atoms with Crippen molar-refractivity contribution in [2.24, 2.45) is 7.05 Å². The van der Waals surface area contributed by atoms with Crippen molar-refractivity contribution in [2.75, 3.05) is 6.61 Å². The van der Waals surface area contributed by atoms with Crippen LogP contribution in [0.3, 0.4) is 0 Å². The highest BCUT2D eigenvalue weighted by Gasteiger charge is 2.56. The lowest BCUT2D eigenvalue weighted by Crippen LogP contribution is -2.36. The fraction of sp³-hybridized carbons (Fsp3) is 0.360. The van der Waals surface area contributed by atoms with Crippen LogP contribution in [-0.2, 0) is 23.4 Å². The minimum Gasteiger partial charge on any atom is -0.490 e. The molecule has 1 saturated carbocycles. The summed E-state index contributed by atoms with van der Waals surface area (Å²) in [7, 11) is -1.81. The van der Waals surface area contributed by atoms with Crippen molar-refractivity contribution in [1.29, 1.82) is 5.26 Å². The quantitative estimate of drug-likeness (QED) is 0.509. The number of aryl methyl sites for hydroxylation is 1. The van der Waals surface area contributed by atoms with Gasteiger partial charge in [0.1, 0.15) is 28.2 Å². The smallest absolute Gasteiger partial charge is 0.263 e. The Morgan fingerprint density at radius 3 is 2.54 bits per heavy atom. The number of hydrogen-bond acceptors (Lipinski definition) is 7. The van der Waals surface area contributed by atoms with Gasteiger partial charge in [0.25, 0.3) is 11.5 Å². The van der Waals surface area contributed by atoms with Gasteiger partial charge in [0.2, 0.25) is 0 Å². The van der Waals surface area contributed by atoms with E-state index in [1.54, 1.807) is 44.2 Å². The average molecular weight is 495 g/mol. The highest BCUT2D eigenvalue weighted by Crippen LogP contribution is 2.46. The number of benzene rings is 1. The number of carbonyl (C=O) groups excluding carboxylic acids is 1. The molecule has 0 radical (unpaired) electrons. The number of rotatable bonds is 8. The number of nitrogens with one attached hydrogen (secondary N) is 1. The number of sulfone groups is 1. The van der Waals surface area contributed by atoms with Gasteiger partial charge in [-0.1, -0.05) is 12.1 Å². The van der Waals surface area contributed by atoms with Gasteiger partial charge >= 0.3 is 0 Å². The minimum absolute atomic E-state index is 0.00630. The van der Waals surface area contributed by atoms with Crippen LogP contribution in [0.25, 0.3) is 11.0 Å². The van der Waals surface area contributed by atoms with E-state index in [0.29, 0.717) is 35.2 Å². The van der Waals surface area contributed by atoms with E-state index >= 15 is 0 Å². The van der Waals surface area contributed by atoms with E-state index in [4.69, 9.17) is 10.00 Å². The fourth-order valence-electron chi connectivity index (χ4n) is 3.99. The Bertz CT molecular complexity index is 1500. The zero-order valence-electron chi connectivity index (χ0n) is 19.7. The Morgan fingerprint density at radius 1 is 1.26 bits per heavy atom. The van der Waals surface area contributed by atoms with Crippen molar-refractivity contribution in [3.63, 3.8) is 0 Å². The molecule has 1 fully saturated rings. The first-order valence-corrected chi connectivity index (χ1v) is 12.8. The van der Waals surface area contributed by atoms with E-state index in [1.807, 2.05) is 6.07 Å². The number of carbonyl (C=O) groups is 1. The lowest BCUT2D eigenvalue weighted by molar-refractivity contribution is 0.0949. The standard InChI is InChI=1S/C25H26N4O5S/c1-16(2)35(32,33)25(9-10-25)15-34-21-8-11-27-20-12-19(24(31)29(3)22(20)21)23(30)28-14-18-6-4-17(13-26)5-7-18/h4-8,11-12,16H,9-10,14-15H2,1-3H3,(H,28,30). The number of amides is 1. The van der Waals surface area contributed by atoms with Crippen LogP contribution in [0.1, 0.15) is 48.2 Å². The molecule has 1 aliphatic rings. The van der Waals surface area contributed by atoms with Crippen LogP contribution in [0.2, 0.25) is 0 Å². The zero-order valence-corrected chi connectivity index (χ0v) is 20.6. The first kappa shape index (κ1) is 24.4. The van der Waals surface area contributed by atoms with Gasteiger partial charge in [0.15, 0.2) is 9.84 Å². The molecule has 2 heterocycles. The van der Waals surface area contributed by atoms with Crippen molar-refractivity contribution < 1.29 is 17.9 Å². The van der Waals surface area contributed by atoms with E-state index in [1.165, 1.54) is 23.9 Å². The molecule has 1 amide bonds. The molecule has 0 aliphatic heterocycles. The summed E-state index contributed by atoms with van der Waals surface area (Å²) in [5.74, 6) is -0.214. The van der Waals surface area contributed by atoms with Gasteiger partial charge in [-0.3, -0.25) is 14.6 Å². The summed E-state index contributed by atoms with van der Waals surface area (Å²) < 4.78 is 31.8. The Hall–Kier alpha value is -3.71. The second-order valence-electron chi connectivity index (χ2n) is 9.02. The highest BCUT2D eigenvalue weighted by atomic mass is 32.2. The second-order valence-corrected chi connectivity index (χ2v) is 11.9. The van der Waals surface area contributed by atoms with E-state index in [-0.39, 0.29) is 18.7 Å². The topological polar surface area (TPSA) is 131 Å². The third kappa shape index (κ3) is 4.51. The fourth-order valence-corrected chi connectivity index (χ4v) is 5.88. The summed E-state index contributed by atoms with van der Waals surface area (Å²) in [4.78, 5) is 30.1. The third-order valence-corrected chi connectivity index (χ3v) is 9.34. The molecular weight excluding hydrogens is 468 g/mol. The van der Waals surface area contributed by atoms with Crippen molar-refractivity contribution in [3.05, 3.63) is 69.6 Å². The van der Waals surface area contributed by atoms with Gasteiger partial charge in [-0.25, -0.2) is 8.42 Å². The number of nitrogens with zero attached hydrogens (tertiary/aromatic N) is 3. The molecule has 9 nitrogen and oxygen atoms in total. The molecule has 1 aromatic carbocycles. The Kier molecular flexibility index (Phi) is 6.38. The normalized spacial score (nSPS) is 14.5. The number of pyridine rings is 2. The maximum absolute atomic E-state index is 13.0. The molecule has 182 valence electrons.